The summed E-state index contributed by atoms with van der Waals surface area (Å²) in [6.45, 7) is 2.97. The smallest absolute Gasteiger partial charge is 0.240 e. The summed E-state index contributed by atoms with van der Waals surface area (Å²) in [6, 6.07) is 6.44. The van der Waals surface area contributed by atoms with Crippen molar-refractivity contribution in [1.82, 2.24) is 4.72 Å². The van der Waals surface area contributed by atoms with Gasteiger partial charge in [0.1, 0.15) is 5.75 Å². The van der Waals surface area contributed by atoms with Crippen LogP contribution in [0.5, 0.6) is 5.75 Å². The number of nitrogens with two attached hydrogens (primary N) is 1. The molecule has 2 atom stereocenters. The number of sulfonamides is 1. The lowest BCUT2D eigenvalue weighted by Crippen LogP contribution is -2.39. The standard InChI is InChI=1S/C14H22N2O3S/c1-2-19-12-6-8-13(9-7-12)20(17,18)16-14-5-3-4-11(14)10-15/h6-9,11,14,16H,2-5,10,15H2,1H3. The highest BCUT2D eigenvalue weighted by molar-refractivity contribution is 7.89. The third-order valence-corrected chi connectivity index (χ3v) is 5.22. The zero-order valence-corrected chi connectivity index (χ0v) is 12.5. The molecule has 0 amide bonds. The van der Waals surface area contributed by atoms with Crippen LogP contribution in [0.3, 0.4) is 0 Å². The van der Waals surface area contributed by atoms with E-state index in [9.17, 15) is 8.42 Å². The van der Waals surface area contributed by atoms with Gasteiger partial charge in [0.25, 0.3) is 0 Å². The monoisotopic (exact) mass is 298 g/mol. The first kappa shape index (κ1) is 15.3. The van der Waals surface area contributed by atoms with E-state index in [4.69, 9.17) is 10.5 Å². The number of nitrogens with one attached hydrogen (secondary N) is 1. The second-order valence-electron chi connectivity index (χ2n) is 5.06. The van der Waals surface area contributed by atoms with E-state index in [0.717, 1.165) is 19.3 Å². The molecule has 0 aliphatic heterocycles. The van der Waals surface area contributed by atoms with Gasteiger partial charge in [0, 0.05) is 6.04 Å². The molecule has 0 saturated heterocycles. The quantitative estimate of drug-likeness (QED) is 0.833. The number of hydrogen-bond donors (Lipinski definition) is 2. The van der Waals surface area contributed by atoms with E-state index in [1.54, 1.807) is 24.3 Å². The minimum Gasteiger partial charge on any atom is -0.494 e. The van der Waals surface area contributed by atoms with Gasteiger partial charge in [-0.25, -0.2) is 13.1 Å². The average molecular weight is 298 g/mol. The summed E-state index contributed by atoms with van der Waals surface area (Å²) < 4.78 is 32.7. The predicted octanol–water partition coefficient (Wildman–Crippen LogP) is 1.49. The zero-order valence-electron chi connectivity index (χ0n) is 11.7. The van der Waals surface area contributed by atoms with E-state index in [1.807, 2.05) is 6.92 Å². The van der Waals surface area contributed by atoms with E-state index in [1.165, 1.54) is 0 Å². The van der Waals surface area contributed by atoms with E-state index >= 15 is 0 Å². The van der Waals surface area contributed by atoms with Crippen molar-refractivity contribution < 1.29 is 13.2 Å². The molecular weight excluding hydrogens is 276 g/mol. The Morgan fingerprint density at radius 1 is 1.30 bits per heavy atom. The molecule has 1 saturated carbocycles. The number of benzene rings is 1. The molecule has 20 heavy (non-hydrogen) atoms. The molecule has 3 N–H and O–H groups in total. The normalized spacial score (nSPS) is 22.9. The summed E-state index contributed by atoms with van der Waals surface area (Å²) >= 11 is 0. The summed E-state index contributed by atoms with van der Waals surface area (Å²) in [7, 11) is -3.48. The van der Waals surface area contributed by atoms with Gasteiger partial charge in [-0.15, -0.1) is 0 Å². The lowest BCUT2D eigenvalue weighted by Gasteiger charge is -2.19. The highest BCUT2D eigenvalue weighted by Crippen LogP contribution is 2.26. The molecule has 0 spiro atoms. The lowest BCUT2D eigenvalue weighted by atomic mass is 10.1. The van der Waals surface area contributed by atoms with Crippen molar-refractivity contribution in [1.29, 1.82) is 0 Å². The molecule has 6 heteroatoms. The number of hydrogen-bond acceptors (Lipinski definition) is 4. The van der Waals surface area contributed by atoms with Crippen LogP contribution < -0.4 is 15.2 Å². The SMILES string of the molecule is CCOc1ccc(S(=O)(=O)NC2CCCC2CN)cc1. The molecule has 2 unspecified atom stereocenters. The third-order valence-electron chi connectivity index (χ3n) is 3.71. The van der Waals surface area contributed by atoms with Crippen LogP contribution in [0.25, 0.3) is 0 Å². The van der Waals surface area contributed by atoms with Crippen molar-refractivity contribution in [3.05, 3.63) is 24.3 Å². The first-order valence-electron chi connectivity index (χ1n) is 7.02. The zero-order chi connectivity index (χ0) is 14.6. The average Bonchev–Trinajstić information content (AvgIpc) is 2.86. The summed E-state index contributed by atoms with van der Waals surface area (Å²) in [5.41, 5.74) is 5.68. The van der Waals surface area contributed by atoms with Crippen molar-refractivity contribution in [3.63, 3.8) is 0 Å². The summed E-state index contributed by atoms with van der Waals surface area (Å²) in [4.78, 5) is 0.267. The fourth-order valence-corrected chi connectivity index (χ4v) is 3.96. The Morgan fingerprint density at radius 3 is 2.60 bits per heavy atom. The third kappa shape index (κ3) is 3.50. The highest BCUT2D eigenvalue weighted by Gasteiger charge is 2.30. The van der Waals surface area contributed by atoms with Gasteiger partial charge in [-0.05, 0) is 56.5 Å². The van der Waals surface area contributed by atoms with Gasteiger partial charge in [-0.1, -0.05) is 6.42 Å². The van der Waals surface area contributed by atoms with Gasteiger partial charge in [-0.2, -0.15) is 0 Å². The van der Waals surface area contributed by atoms with E-state index in [0.29, 0.717) is 18.9 Å². The molecule has 1 aliphatic rings. The van der Waals surface area contributed by atoms with Crippen LogP contribution in [-0.2, 0) is 10.0 Å². The van der Waals surface area contributed by atoms with Crippen LogP contribution >= 0.6 is 0 Å². The minimum atomic E-state index is -3.48. The Hall–Kier alpha value is -1.11. The Bertz CT molecular complexity index is 528. The molecule has 0 radical (unpaired) electrons. The second-order valence-corrected chi connectivity index (χ2v) is 6.77. The van der Waals surface area contributed by atoms with Crippen LogP contribution in [0, 0.1) is 5.92 Å². The summed E-state index contributed by atoms with van der Waals surface area (Å²) in [6.07, 6.45) is 2.88. The molecule has 0 heterocycles. The lowest BCUT2D eigenvalue weighted by molar-refractivity contribution is 0.340. The van der Waals surface area contributed by atoms with Crippen molar-refractivity contribution in [2.75, 3.05) is 13.2 Å². The molecule has 0 bridgehead atoms. The van der Waals surface area contributed by atoms with Crippen LogP contribution in [0.2, 0.25) is 0 Å². The van der Waals surface area contributed by atoms with Gasteiger partial charge in [0.2, 0.25) is 10.0 Å². The second kappa shape index (κ2) is 6.56. The maximum Gasteiger partial charge on any atom is 0.240 e. The fourth-order valence-electron chi connectivity index (χ4n) is 2.62. The molecule has 112 valence electrons. The van der Waals surface area contributed by atoms with E-state index in [-0.39, 0.29) is 16.9 Å². The van der Waals surface area contributed by atoms with Crippen LogP contribution in [-0.4, -0.2) is 27.6 Å². The summed E-state index contributed by atoms with van der Waals surface area (Å²) in [5.74, 6) is 0.916. The van der Waals surface area contributed by atoms with Crippen molar-refractivity contribution in [3.8, 4) is 5.75 Å². The van der Waals surface area contributed by atoms with Gasteiger partial charge in [-0.3, -0.25) is 0 Å². The van der Waals surface area contributed by atoms with Crippen molar-refractivity contribution in [2.24, 2.45) is 11.7 Å². The van der Waals surface area contributed by atoms with Gasteiger partial charge < -0.3 is 10.5 Å². The van der Waals surface area contributed by atoms with Crippen LogP contribution in [0.15, 0.2) is 29.2 Å². The van der Waals surface area contributed by atoms with Crippen molar-refractivity contribution >= 4 is 10.0 Å². The highest BCUT2D eigenvalue weighted by atomic mass is 32.2. The fraction of sp³-hybridized carbons (Fsp3) is 0.571. The molecule has 1 aromatic rings. The largest absolute Gasteiger partial charge is 0.494 e. The van der Waals surface area contributed by atoms with Crippen LogP contribution in [0.1, 0.15) is 26.2 Å². The molecule has 2 rings (SSSR count). The molecule has 1 aromatic carbocycles. The summed E-state index contributed by atoms with van der Waals surface area (Å²) in [5, 5.41) is 0. The maximum absolute atomic E-state index is 12.3. The Balaban J connectivity index is 2.09. The topological polar surface area (TPSA) is 81.4 Å². The molecule has 1 fully saturated rings. The Kier molecular flexibility index (Phi) is 5.01. The predicted molar refractivity (Wildman–Crippen MR) is 78.1 cm³/mol. The minimum absolute atomic E-state index is 0.0448. The Morgan fingerprint density at radius 2 is 2.00 bits per heavy atom. The molecular formula is C14H22N2O3S. The van der Waals surface area contributed by atoms with Crippen molar-refractivity contribution in [2.45, 2.75) is 37.1 Å². The van der Waals surface area contributed by atoms with Gasteiger partial charge >= 0.3 is 0 Å². The van der Waals surface area contributed by atoms with Gasteiger partial charge in [0.05, 0.1) is 11.5 Å². The maximum atomic E-state index is 12.3. The molecule has 0 aromatic heterocycles. The first-order valence-corrected chi connectivity index (χ1v) is 8.50. The first-order chi connectivity index (χ1) is 9.56. The van der Waals surface area contributed by atoms with Crippen LogP contribution in [0.4, 0.5) is 0 Å². The Labute approximate surface area is 120 Å². The number of rotatable bonds is 6. The van der Waals surface area contributed by atoms with Gasteiger partial charge in [0.15, 0.2) is 0 Å². The van der Waals surface area contributed by atoms with E-state index in [2.05, 4.69) is 4.72 Å². The molecule has 5 nitrogen and oxygen atoms in total. The number of ether oxygens (including phenoxy) is 1. The molecule has 1 aliphatic carbocycles. The van der Waals surface area contributed by atoms with E-state index < -0.39 is 10.0 Å².